The van der Waals surface area contributed by atoms with Crippen LogP contribution in [0.1, 0.15) is 17.2 Å². The SMILES string of the molecule is COc1ccc(C(CNC(=O)Cn2cnc3scc(-c4ccc(C)cc4)c3c2=O)N(C)C)cc1. The molecule has 1 N–H and O–H groups in total. The molecule has 1 atom stereocenters. The number of carbonyl (C=O) groups excluding carboxylic acids is 1. The Bertz CT molecular complexity index is 1340. The zero-order valence-corrected chi connectivity index (χ0v) is 20.6. The molecular formula is C26H28N4O3S. The van der Waals surface area contributed by atoms with Crippen molar-refractivity contribution in [2.45, 2.75) is 19.5 Å². The summed E-state index contributed by atoms with van der Waals surface area (Å²) in [4.78, 5) is 33.1. The molecule has 1 unspecified atom stereocenters. The smallest absolute Gasteiger partial charge is 0.263 e. The van der Waals surface area contributed by atoms with Crippen LogP contribution in [0.4, 0.5) is 0 Å². The van der Waals surface area contributed by atoms with Gasteiger partial charge >= 0.3 is 0 Å². The Morgan fingerprint density at radius 1 is 1.15 bits per heavy atom. The van der Waals surface area contributed by atoms with E-state index in [1.165, 1.54) is 22.2 Å². The lowest BCUT2D eigenvalue weighted by molar-refractivity contribution is -0.121. The molecule has 8 heteroatoms. The lowest BCUT2D eigenvalue weighted by Gasteiger charge is -2.25. The number of likely N-dealkylation sites (N-methyl/N-ethyl adjacent to an activating group) is 1. The van der Waals surface area contributed by atoms with Gasteiger partial charge in [0.15, 0.2) is 0 Å². The Labute approximate surface area is 202 Å². The van der Waals surface area contributed by atoms with Crippen molar-refractivity contribution < 1.29 is 9.53 Å². The lowest BCUT2D eigenvalue weighted by Crippen LogP contribution is -2.37. The fourth-order valence-electron chi connectivity index (χ4n) is 3.87. The topological polar surface area (TPSA) is 76.5 Å². The van der Waals surface area contributed by atoms with Crippen LogP contribution < -0.4 is 15.6 Å². The molecule has 0 radical (unpaired) electrons. The summed E-state index contributed by atoms with van der Waals surface area (Å²) in [6.45, 7) is 2.35. The summed E-state index contributed by atoms with van der Waals surface area (Å²) in [7, 11) is 5.56. The van der Waals surface area contributed by atoms with Gasteiger partial charge in [-0.15, -0.1) is 11.3 Å². The maximum atomic E-state index is 13.2. The Kier molecular flexibility index (Phi) is 7.09. The third-order valence-corrected chi connectivity index (χ3v) is 6.74. The number of rotatable bonds is 8. The molecule has 2 heterocycles. The molecule has 2 aromatic heterocycles. The van der Waals surface area contributed by atoms with Crippen LogP contribution >= 0.6 is 11.3 Å². The van der Waals surface area contributed by atoms with Gasteiger partial charge in [0.1, 0.15) is 17.1 Å². The molecule has 4 rings (SSSR count). The number of methoxy groups -OCH3 is 1. The van der Waals surface area contributed by atoms with Crippen molar-refractivity contribution in [3.63, 3.8) is 0 Å². The summed E-state index contributed by atoms with van der Waals surface area (Å²) in [6, 6.07) is 15.8. The Balaban J connectivity index is 1.51. The van der Waals surface area contributed by atoms with Gasteiger partial charge in [-0.1, -0.05) is 42.0 Å². The molecule has 0 fully saturated rings. The van der Waals surface area contributed by atoms with Crippen molar-refractivity contribution in [3.8, 4) is 16.9 Å². The standard InChI is InChI=1S/C26H28N4O3S/c1-17-5-7-18(8-6-17)21-15-34-25-24(21)26(32)30(16-28-25)14-23(31)27-13-22(29(2)3)19-9-11-20(33-4)12-10-19/h5-12,15-16,22H,13-14H2,1-4H3,(H,27,31). The highest BCUT2D eigenvalue weighted by molar-refractivity contribution is 7.17. The maximum absolute atomic E-state index is 13.2. The van der Waals surface area contributed by atoms with E-state index in [1.54, 1.807) is 7.11 Å². The predicted molar refractivity (Wildman–Crippen MR) is 136 cm³/mol. The minimum Gasteiger partial charge on any atom is -0.497 e. The van der Waals surface area contributed by atoms with E-state index in [2.05, 4.69) is 10.3 Å². The monoisotopic (exact) mass is 476 g/mol. The van der Waals surface area contributed by atoms with Crippen molar-refractivity contribution in [1.82, 2.24) is 19.8 Å². The largest absolute Gasteiger partial charge is 0.497 e. The van der Waals surface area contributed by atoms with Crippen LogP contribution in [0.3, 0.4) is 0 Å². The van der Waals surface area contributed by atoms with Crippen molar-refractivity contribution in [3.05, 3.63) is 81.7 Å². The highest BCUT2D eigenvalue weighted by Gasteiger charge is 2.18. The first-order valence-electron chi connectivity index (χ1n) is 11.0. The summed E-state index contributed by atoms with van der Waals surface area (Å²) >= 11 is 1.43. The van der Waals surface area contributed by atoms with Crippen LogP contribution in [0.25, 0.3) is 21.3 Å². The minimum atomic E-state index is -0.240. The van der Waals surface area contributed by atoms with Gasteiger partial charge < -0.3 is 15.0 Å². The minimum absolute atomic E-state index is 0.0165. The van der Waals surface area contributed by atoms with Crippen LogP contribution in [-0.4, -0.2) is 48.1 Å². The molecule has 0 aliphatic rings. The first-order valence-corrected chi connectivity index (χ1v) is 11.9. The molecule has 0 aliphatic carbocycles. The van der Waals surface area contributed by atoms with Gasteiger partial charge in [0.25, 0.3) is 5.56 Å². The second kappa shape index (κ2) is 10.2. The number of carbonyl (C=O) groups is 1. The van der Waals surface area contributed by atoms with E-state index in [0.717, 1.165) is 28.0 Å². The third-order valence-electron chi connectivity index (χ3n) is 5.85. The normalized spacial score (nSPS) is 12.1. The van der Waals surface area contributed by atoms with E-state index in [0.29, 0.717) is 16.8 Å². The zero-order valence-electron chi connectivity index (χ0n) is 19.7. The number of aromatic nitrogens is 2. The molecule has 1 amide bonds. The second-order valence-electron chi connectivity index (χ2n) is 8.43. The number of ether oxygens (including phenoxy) is 1. The van der Waals surface area contributed by atoms with Crippen LogP contribution in [-0.2, 0) is 11.3 Å². The lowest BCUT2D eigenvalue weighted by atomic mass is 10.1. The second-order valence-corrected chi connectivity index (χ2v) is 9.29. The summed E-state index contributed by atoms with van der Waals surface area (Å²) < 4.78 is 6.61. The molecule has 176 valence electrons. The van der Waals surface area contributed by atoms with Gasteiger partial charge in [-0.2, -0.15) is 0 Å². The van der Waals surface area contributed by atoms with Crippen LogP contribution in [0.2, 0.25) is 0 Å². The molecule has 0 spiro atoms. The van der Waals surface area contributed by atoms with Crippen LogP contribution in [0, 0.1) is 6.92 Å². The zero-order chi connectivity index (χ0) is 24.2. The number of amides is 1. The first kappa shape index (κ1) is 23.7. The quantitative estimate of drug-likeness (QED) is 0.418. The highest BCUT2D eigenvalue weighted by Crippen LogP contribution is 2.30. The molecular weight excluding hydrogens is 448 g/mol. The number of thiophene rings is 1. The molecule has 2 aromatic carbocycles. The van der Waals surface area contributed by atoms with Crippen molar-refractivity contribution in [2.24, 2.45) is 0 Å². The fourth-order valence-corrected chi connectivity index (χ4v) is 4.78. The predicted octanol–water partition coefficient (Wildman–Crippen LogP) is 3.86. The van der Waals surface area contributed by atoms with Crippen LogP contribution in [0.5, 0.6) is 5.75 Å². The number of hydrogen-bond donors (Lipinski definition) is 1. The average Bonchev–Trinajstić information content (AvgIpc) is 3.26. The Morgan fingerprint density at radius 2 is 1.85 bits per heavy atom. The number of aryl methyl sites for hydroxylation is 1. The number of nitrogens with zero attached hydrogens (tertiary/aromatic N) is 3. The van der Waals surface area contributed by atoms with Gasteiger partial charge in [-0.3, -0.25) is 14.2 Å². The van der Waals surface area contributed by atoms with Gasteiger partial charge in [0.2, 0.25) is 5.91 Å². The summed E-state index contributed by atoms with van der Waals surface area (Å²) in [5, 5.41) is 5.46. The van der Waals surface area contributed by atoms with E-state index < -0.39 is 0 Å². The van der Waals surface area contributed by atoms with Gasteiger partial charge in [-0.25, -0.2) is 4.98 Å². The van der Waals surface area contributed by atoms with Gasteiger partial charge in [0, 0.05) is 17.5 Å². The number of hydrogen-bond acceptors (Lipinski definition) is 6. The molecule has 0 saturated heterocycles. The average molecular weight is 477 g/mol. The molecule has 0 bridgehead atoms. The van der Waals surface area contributed by atoms with E-state index in [1.807, 2.05) is 79.8 Å². The fraction of sp³-hybridized carbons (Fsp3) is 0.269. The number of nitrogens with one attached hydrogen (secondary N) is 1. The van der Waals surface area contributed by atoms with E-state index in [-0.39, 0.29) is 24.1 Å². The Hall–Kier alpha value is -3.49. The number of benzene rings is 2. The van der Waals surface area contributed by atoms with Crippen molar-refractivity contribution in [2.75, 3.05) is 27.7 Å². The van der Waals surface area contributed by atoms with Gasteiger partial charge in [0.05, 0.1) is 24.9 Å². The molecule has 4 aromatic rings. The van der Waals surface area contributed by atoms with Crippen molar-refractivity contribution >= 4 is 27.5 Å². The van der Waals surface area contributed by atoms with E-state index in [4.69, 9.17) is 4.74 Å². The van der Waals surface area contributed by atoms with Crippen molar-refractivity contribution in [1.29, 1.82) is 0 Å². The summed E-state index contributed by atoms with van der Waals surface area (Å²) in [6.07, 6.45) is 1.45. The van der Waals surface area contributed by atoms with E-state index in [9.17, 15) is 9.59 Å². The molecule has 34 heavy (non-hydrogen) atoms. The molecule has 0 saturated carbocycles. The highest BCUT2D eigenvalue weighted by atomic mass is 32.1. The summed E-state index contributed by atoms with van der Waals surface area (Å²) in [5.41, 5.74) is 3.82. The maximum Gasteiger partial charge on any atom is 0.263 e. The molecule has 0 aliphatic heterocycles. The Morgan fingerprint density at radius 3 is 2.50 bits per heavy atom. The van der Waals surface area contributed by atoms with Gasteiger partial charge in [-0.05, 0) is 44.3 Å². The molecule has 7 nitrogen and oxygen atoms in total. The van der Waals surface area contributed by atoms with E-state index >= 15 is 0 Å². The number of fused-ring (bicyclic) bond motifs is 1. The first-order chi connectivity index (χ1) is 16.4. The summed E-state index contributed by atoms with van der Waals surface area (Å²) in [5.74, 6) is 0.543. The third kappa shape index (κ3) is 5.03. The van der Waals surface area contributed by atoms with Crippen LogP contribution in [0.15, 0.2) is 65.0 Å².